The first-order valence-electron chi connectivity index (χ1n) is 10.4. The average Bonchev–Trinajstić information content (AvgIpc) is 3.22. The molecule has 180 valence electrons. The van der Waals surface area contributed by atoms with Gasteiger partial charge in [-0.2, -0.15) is 4.72 Å². The van der Waals surface area contributed by atoms with Crippen molar-refractivity contribution in [3.63, 3.8) is 0 Å². The van der Waals surface area contributed by atoms with Crippen molar-refractivity contribution in [1.29, 1.82) is 0 Å². The highest BCUT2D eigenvalue weighted by molar-refractivity contribution is 7.89. The maximum Gasteiger partial charge on any atom is 0.241 e. The minimum atomic E-state index is -3.99. The van der Waals surface area contributed by atoms with E-state index in [1.54, 1.807) is 49.3 Å². The van der Waals surface area contributed by atoms with Gasteiger partial charge in [0.25, 0.3) is 0 Å². The van der Waals surface area contributed by atoms with Crippen LogP contribution in [0.3, 0.4) is 0 Å². The zero-order valence-electron chi connectivity index (χ0n) is 19.3. The molecule has 0 radical (unpaired) electrons. The highest BCUT2D eigenvalue weighted by atomic mass is 32.2. The van der Waals surface area contributed by atoms with Crippen molar-refractivity contribution in [1.82, 2.24) is 19.6 Å². The van der Waals surface area contributed by atoms with Crippen molar-refractivity contribution in [2.45, 2.75) is 30.8 Å². The molecule has 0 saturated carbocycles. The topological polar surface area (TPSA) is 131 Å². The molecule has 3 rings (SSSR count). The normalized spacial score (nSPS) is 13.1. The molecule has 0 saturated heterocycles. The van der Waals surface area contributed by atoms with Crippen molar-refractivity contribution in [3.05, 3.63) is 72.3 Å². The Morgan fingerprint density at radius 1 is 1.12 bits per heavy atom. The minimum absolute atomic E-state index is 0.0327. The van der Waals surface area contributed by atoms with Gasteiger partial charge in [0.1, 0.15) is 17.6 Å². The second-order valence-electron chi connectivity index (χ2n) is 7.66. The first-order chi connectivity index (χ1) is 16.1. The molecule has 1 heterocycles. The zero-order valence-corrected chi connectivity index (χ0v) is 20.1. The fourth-order valence-electron chi connectivity index (χ4n) is 3.32. The van der Waals surface area contributed by atoms with E-state index in [2.05, 4.69) is 20.3 Å². The molecule has 0 aliphatic heterocycles. The molecule has 2 atom stereocenters. The molecule has 2 amide bonds. The maximum atomic E-state index is 13.0. The first kappa shape index (κ1) is 24.9. The average molecular weight is 486 g/mol. The molecule has 10 nitrogen and oxygen atoms in total. The summed E-state index contributed by atoms with van der Waals surface area (Å²) >= 11 is 0. The van der Waals surface area contributed by atoms with Gasteiger partial charge in [-0.3, -0.25) is 9.59 Å². The molecule has 3 aromatic rings. The fraction of sp³-hybridized carbons (Fsp3) is 0.261. The van der Waals surface area contributed by atoms with Gasteiger partial charge in [0.2, 0.25) is 21.8 Å². The van der Waals surface area contributed by atoms with Gasteiger partial charge < -0.3 is 19.9 Å². The van der Waals surface area contributed by atoms with Gasteiger partial charge in [-0.25, -0.2) is 13.4 Å². The molecular weight excluding hydrogens is 458 g/mol. The summed E-state index contributed by atoms with van der Waals surface area (Å²) in [7, 11) is -0.635. The molecule has 0 aliphatic rings. The van der Waals surface area contributed by atoms with Gasteiger partial charge >= 0.3 is 0 Å². The first-order valence-corrected chi connectivity index (χ1v) is 11.9. The number of nitrogens with zero attached hydrogens (tertiary/aromatic N) is 2. The fourth-order valence-corrected chi connectivity index (χ4v) is 4.52. The Morgan fingerprint density at radius 2 is 1.82 bits per heavy atom. The quantitative estimate of drug-likeness (QED) is 0.425. The standard InChI is InChI=1S/C23H27N5O5S/c1-15(27-34(31,32)20-10-8-18(9-11-20)25-16(2)29)23(30)26-21(22-24-12-13-28(22)3)17-6-5-7-19(14-17)33-4/h5-15,21,27H,1-4H3,(H,25,29)(H,26,30)/t15-,21?/m0/s1. The monoisotopic (exact) mass is 485 g/mol. The lowest BCUT2D eigenvalue weighted by atomic mass is 10.1. The number of hydrogen-bond donors (Lipinski definition) is 3. The predicted molar refractivity (Wildman–Crippen MR) is 127 cm³/mol. The molecule has 0 spiro atoms. The van der Waals surface area contributed by atoms with E-state index >= 15 is 0 Å². The van der Waals surface area contributed by atoms with E-state index < -0.39 is 28.0 Å². The van der Waals surface area contributed by atoms with Crippen molar-refractivity contribution in [2.75, 3.05) is 12.4 Å². The summed E-state index contributed by atoms with van der Waals surface area (Å²) in [6.45, 7) is 2.82. The molecule has 11 heteroatoms. The number of imidazole rings is 1. The maximum absolute atomic E-state index is 13.0. The summed E-state index contributed by atoms with van der Waals surface area (Å²) < 4.78 is 35.0. The van der Waals surface area contributed by atoms with Crippen LogP contribution < -0.4 is 20.1 Å². The van der Waals surface area contributed by atoms with Crippen molar-refractivity contribution >= 4 is 27.5 Å². The number of hydrogen-bond acceptors (Lipinski definition) is 6. The predicted octanol–water partition coefficient (Wildman–Crippen LogP) is 1.96. The van der Waals surface area contributed by atoms with Gasteiger partial charge in [-0.1, -0.05) is 12.1 Å². The Hall–Kier alpha value is -3.70. The van der Waals surface area contributed by atoms with Gasteiger partial charge in [-0.15, -0.1) is 0 Å². The number of benzene rings is 2. The van der Waals surface area contributed by atoms with Crippen LogP contribution in [0.5, 0.6) is 5.75 Å². The Bertz CT molecular complexity index is 1270. The number of anilines is 1. The van der Waals surface area contributed by atoms with E-state index in [4.69, 9.17) is 4.74 Å². The van der Waals surface area contributed by atoms with Gasteiger partial charge in [0.15, 0.2) is 0 Å². The Kier molecular flexibility index (Phi) is 7.69. The Balaban J connectivity index is 1.78. The van der Waals surface area contributed by atoms with E-state index in [9.17, 15) is 18.0 Å². The molecule has 34 heavy (non-hydrogen) atoms. The Labute approximate surface area is 198 Å². The number of sulfonamides is 1. The number of amides is 2. The van der Waals surface area contributed by atoms with Crippen LogP contribution in [0.1, 0.15) is 31.3 Å². The highest BCUT2D eigenvalue weighted by Crippen LogP contribution is 2.24. The number of aromatic nitrogens is 2. The van der Waals surface area contributed by atoms with Crippen molar-refractivity contribution in [3.8, 4) is 5.75 Å². The minimum Gasteiger partial charge on any atom is -0.497 e. The van der Waals surface area contributed by atoms with Crippen LogP contribution in [0.25, 0.3) is 0 Å². The van der Waals surface area contributed by atoms with E-state index in [1.807, 2.05) is 6.07 Å². The van der Waals surface area contributed by atoms with Crippen LogP contribution >= 0.6 is 0 Å². The number of carbonyl (C=O) groups excluding carboxylic acids is 2. The number of aryl methyl sites for hydroxylation is 1. The second kappa shape index (κ2) is 10.5. The van der Waals surface area contributed by atoms with Crippen LogP contribution in [0.4, 0.5) is 5.69 Å². The van der Waals surface area contributed by atoms with Crippen LogP contribution in [-0.4, -0.2) is 42.9 Å². The summed E-state index contributed by atoms with van der Waals surface area (Å²) in [5, 5.41) is 5.45. The Morgan fingerprint density at radius 3 is 2.41 bits per heavy atom. The van der Waals surface area contributed by atoms with Crippen LogP contribution in [0, 0.1) is 0 Å². The zero-order chi connectivity index (χ0) is 24.9. The molecule has 3 N–H and O–H groups in total. The SMILES string of the molecule is COc1cccc(C(NC(=O)[C@H](C)NS(=O)(=O)c2ccc(NC(C)=O)cc2)c2nccn2C)c1. The van der Waals surface area contributed by atoms with Gasteiger partial charge in [-0.05, 0) is 48.9 Å². The molecule has 1 aromatic heterocycles. The molecule has 1 unspecified atom stereocenters. The van der Waals surface area contributed by atoms with E-state index in [-0.39, 0.29) is 10.8 Å². The summed E-state index contributed by atoms with van der Waals surface area (Å²) in [6, 6.07) is 11.1. The number of ether oxygens (including phenoxy) is 1. The molecule has 0 fully saturated rings. The lowest BCUT2D eigenvalue weighted by Crippen LogP contribution is -2.46. The molecule has 0 bridgehead atoms. The van der Waals surface area contributed by atoms with Gasteiger partial charge in [0.05, 0.1) is 18.0 Å². The number of methoxy groups -OCH3 is 1. The summed E-state index contributed by atoms with van der Waals surface area (Å²) in [5.41, 5.74) is 1.19. The van der Waals surface area contributed by atoms with Crippen molar-refractivity contribution < 1.29 is 22.7 Å². The summed E-state index contributed by atoms with van der Waals surface area (Å²) in [5.74, 6) is 0.388. The largest absolute Gasteiger partial charge is 0.497 e. The number of rotatable bonds is 9. The number of nitrogens with one attached hydrogen (secondary N) is 3. The third-order valence-electron chi connectivity index (χ3n) is 5.04. The van der Waals surface area contributed by atoms with E-state index in [0.29, 0.717) is 17.3 Å². The lowest BCUT2D eigenvalue weighted by molar-refractivity contribution is -0.123. The van der Waals surface area contributed by atoms with E-state index in [1.165, 1.54) is 38.1 Å². The third kappa shape index (κ3) is 6.00. The lowest BCUT2D eigenvalue weighted by Gasteiger charge is -2.22. The van der Waals surface area contributed by atoms with Crippen LogP contribution in [0.2, 0.25) is 0 Å². The number of carbonyl (C=O) groups is 2. The second-order valence-corrected chi connectivity index (χ2v) is 9.38. The van der Waals surface area contributed by atoms with Crippen molar-refractivity contribution in [2.24, 2.45) is 7.05 Å². The smallest absolute Gasteiger partial charge is 0.241 e. The summed E-state index contributed by atoms with van der Waals surface area (Å²) in [6.07, 6.45) is 3.37. The third-order valence-corrected chi connectivity index (χ3v) is 6.60. The van der Waals surface area contributed by atoms with Gasteiger partial charge in [0, 0.05) is 32.1 Å². The molecular formula is C23H27N5O5S. The molecule has 0 aliphatic carbocycles. The molecule has 2 aromatic carbocycles. The van der Waals surface area contributed by atoms with Crippen LogP contribution in [0.15, 0.2) is 65.8 Å². The van der Waals surface area contributed by atoms with Crippen LogP contribution in [-0.2, 0) is 26.7 Å². The highest BCUT2D eigenvalue weighted by Gasteiger charge is 2.27. The van der Waals surface area contributed by atoms with E-state index in [0.717, 1.165) is 5.56 Å². The summed E-state index contributed by atoms with van der Waals surface area (Å²) in [4.78, 5) is 28.5.